The zero-order valence-electron chi connectivity index (χ0n) is 18.7. The average molecular weight is 436 g/mol. The van der Waals surface area contributed by atoms with E-state index in [4.69, 9.17) is 0 Å². The molecule has 1 aliphatic carbocycles. The fraction of sp³-hybridized carbons (Fsp3) is 0.417. The number of aromatic amines is 1. The van der Waals surface area contributed by atoms with Crippen molar-refractivity contribution in [2.75, 3.05) is 20.6 Å². The zero-order valence-corrected chi connectivity index (χ0v) is 18.7. The van der Waals surface area contributed by atoms with Crippen LogP contribution in [-0.2, 0) is 6.54 Å². The van der Waals surface area contributed by atoms with Crippen LogP contribution in [0.4, 0.5) is 0 Å². The average Bonchev–Trinajstić information content (AvgIpc) is 3.62. The number of carbonyl (C=O) groups excluding carboxylic acids is 1. The van der Waals surface area contributed by atoms with Crippen molar-refractivity contribution in [3.63, 3.8) is 0 Å². The van der Waals surface area contributed by atoms with Crippen molar-refractivity contribution in [2.24, 2.45) is 0 Å². The maximum Gasteiger partial charge on any atom is 0.329 e. The Kier molecular flexibility index (Phi) is 6.23. The molecule has 2 N–H and O–H groups in total. The summed E-state index contributed by atoms with van der Waals surface area (Å²) in [5.41, 5.74) is 1.35. The third kappa shape index (κ3) is 4.36. The maximum atomic E-state index is 13.3. The fourth-order valence-corrected chi connectivity index (χ4v) is 4.05. The van der Waals surface area contributed by atoms with E-state index in [1.807, 2.05) is 56.3 Å². The van der Waals surface area contributed by atoms with Crippen LogP contribution in [0, 0.1) is 0 Å². The molecule has 168 valence electrons. The van der Waals surface area contributed by atoms with Crippen molar-refractivity contribution < 1.29 is 4.79 Å². The van der Waals surface area contributed by atoms with Crippen LogP contribution < -0.4 is 16.6 Å². The largest absolute Gasteiger partial charge is 0.350 e. The molecule has 1 aromatic carbocycles. The standard InChI is InChI=1S/C24H29N5O3/c1-4-12-29-21-20(23(31)27-24(29)32)17(13-18(26-21)15-10-11-15)22(30)25-14-19(28(2)3)16-8-6-5-7-9-16/h5-9,13,15,19H,4,10-12,14H2,1-3H3,(H,25,30)(H,27,31,32). The molecule has 8 nitrogen and oxygen atoms in total. The Morgan fingerprint density at radius 1 is 1.25 bits per heavy atom. The van der Waals surface area contributed by atoms with Gasteiger partial charge < -0.3 is 10.2 Å². The molecule has 0 saturated heterocycles. The van der Waals surface area contributed by atoms with Gasteiger partial charge in [0.15, 0.2) is 5.65 Å². The molecular weight excluding hydrogens is 406 g/mol. The first-order valence-electron chi connectivity index (χ1n) is 11.1. The van der Waals surface area contributed by atoms with Gasteiger partial charge in [-0.25, -0.2) is 9.78 Å². The minimum atomic E-state index is -0.579. The highest BCUT2D eigenvalue weighted by Crippen LogP contribution is 2.39. The van der Waals surface area contributed by atoms with E-state index in [9.17, 15) is 14.4 Å². The molecule has 0 radical (unpaired) electrons. The van der Waals surface area contributed by atoms with Gasteiger partial charge in [0.25, 0.3) is 11.5 Å². The van der Waals surface area contributed by atoms with E-state index in [0.29, 0.717) is 25.2 Å². The number of benzene rings is 1. The summed E-state index contributed by atoms with van der Waals surface area (Å²) in [5.74, 6) is -0.0662. The van der Waals surface area contributed by atoms with Crippen molar-refractivity contribution in [3.05, 3.63) is 74.1 Å². The summed E-state index contributed by atoms with van der Waals surface area (Å²) in [5, 5.41) is 3.17. The molecule has 1 fully saturated rings. The molecule has 2 aromatic heterocycles. The Morgan fingerprint density at radius 3 is 2.59 bits per heavy atom. The van der Waals surface area contributed by atoms with E-state index >= 15 is 0 Å². The molecule has 2 heterocycles. The van der Waals surface area contributed by atoms with Gasteiger partial charge in [0.2, 0.25) is 0 Å². The highest BCUT2D eigenvalue weighted by Gasteiger charge is 2.29. The predicted molar refractivity (Wildman–Crippen MR) is 124 cm³/mol. The Morgan fingerprint density at radius 2 is 1.97 bits per heavy atom. The van der Waals surface area contributed by atoms with E-state index in [0.717, 1.165) is 24.1 Å². The van der Waals surface area contributed by atoms with Crippen LogP contribution in [0.25, 0.3) is 11.0 Å². The highest BCUT2D eigenvalue weighted by molar-refractivity contribution is 6.05. The van der Waals surface area contributed by atoms with Crippen molar-refractivity contribution in [1.29, 1.82) is 0 Å². The molecular formula is C24H29N5O3. The normalized spacial score (nSPS) is 14.6. The third-order valence-electron chi connectivity index (χ3n) is 5.92. The molecule has 4 rings (SSSR count). The van der Waals surface area contributed by atoms with Crippen LogP contribution in [0.1, 0.15) is 59.8 Å². The van der Waals surface area contributed by atoms with Gasteiger partial charge in [-0.2, -0.15) is 0 Å². The highest BCUT2D eigenvalue weighted by atomic mass is 16.2. The number of carbonyl (C=O) groups is 1. The smallest absolute Gasteiger partial charge is 0.329 e. The van der Waals surface area contributed by atoms with Gasteiger partial charge in [-0.15, -0.1) is 0 Å². The Hall–Kier alpha value is -3.26. The minimum absolute atomic E-state index is 0.0206. The molecule has 8 heteroatoms. The lowest BCUT2D eigenvalue weighted by molar-refractivity contribution is 0.0943. The fourth-order valence-electron chi connectivity index (χ4n) is 4.05. The van der Waals surface area contributed by atoms with Crippen LogP contribution in [0.5, 0.6) is 0 Å². The molecule has 1 saturated carbocycles. The number of hydrogen-bond acceptors (Lipinski definition) is 5. The third-order valence-corrected chi connectivity index (χ3v) is 5.92. The second-order valence-electron chi connectivity index (χ2n) is 8.58. The zero-order chi connectivity index (χ0) is 22.8. The molecule has 32 heavy (non-hydrogen) atoms. The first-order valence-corrected chi connectivity index (χ1v) is 11.1. The number of fused-ring (bicyclic) bond motifs is 1. The number of rotatable bonds is 8. The molecule has 1 atom stereocenters. The van der Waals surface area contributed by atoms with Gasteiger partial charge in [-0.05, 0) is 45.0 Å². The first-order chi connectivity index (χ1) is 15.4. The summed E-state index contributed by atoms with van der Waals surface area (Å²) in [7, 11) is 3.93. The number of pyridine rings is 1. The van der Waals surface area contributed by atoms with E-state index in [1.165, 1.54) is 4.57 Å². The molecule has 1 aliphatic rings. The van der Waals surface area contributed by atoms with Crippen LogP contribution in [0.15, 0.2) is 46.0 Å². The van der Waals surface area contributed by atoms with Gasteiger partial charge in [-0.3, -0.25) is 19.1 Å². The summed E-state index contributed by atoms with van der Waals surface area (Å²) in [6.07, 6.45) is 2.70. The van der Waals surface area contributed by atoms with Crippen LogP contribution in [-0.4, -0.2) is 46.0 Å². The number of H-pyrrole nitrogens is 1. The number of aromatic nitrogens is 3. The van der Waals surface area contributed by atoms with Crippen molar-refractivity contribution in [2.45, 2.75) is 44.7 Å². The molecule has 0 bridgehead atoms. The number of hydrogen-bond donors (Lipinski definition) is 2. The van der Waals surface area contributed by atoms with Crippen molar-refractivity contribution >= 4 is 16.9 Å². The number of nitrogens with zero attached hydrogens (tertiary/aromatic N) is 3. The summed E-state index contributed by atoms with van der Waals surface area (Å²) < 4.78 is 1.46. The Labute approximate surface area is 186 Å². The van der Waals surface area contributed by atoms with Crippen LogP contribution in [0.3, 0.4) is 0 Å². The Balaban J connectivity index is 1.74. The first kappa shape index (κ1) is 22.0. The second kappa shape index (κ2) is 9.08. The predicted octanol–water partition coefficient (Wildman–Crippen LogP) is 2.40. The lowest BCUT2D eigenvalue weighted by Gasteiger charge is -2.25. The summed E-state index contributed by atoms with van der Waals surface area (Å²) in [4.78, 5) is 47.5. The Bertz CT molecular complexity index is 1240. The van der Waals surface area contributed by atoms with Crippen LogP contribution in [0.2, 0.25) is 0 Å². The monoisotopic (exact) mass is 435 g/mol. The van der Waals surface area contributed by atoms with Gasteiger partial charge in [0.05, 0.1) is 17.0 Å². The van der Waals surface area contributed by atoms with Crippen LogP contribution >= 0.6 is 0 Å². The van der Waals surface area contributed by atoms with E-state index in [1.54, 1.807) is 6.07 Å². The topological polar surface area (TPSA) is 100 Å². The molecule has 1 unspecified atom stereocenters. The van der Waals surface area contributed by atoms with E-state index < -0.39 is 11.2 Å². The van der Waals surface area contributed by atoms with Crippen molar-refractivity contribution in [1.82, 2.24) is 24.8 Å². The van der Waals surface area contributed by atoms with E-state index in [2.05, 4.69) is 15.3 Å². The number of amides is 1. The van der Waals surface area contributed by atoms with Gasteiger partial charge in [-0.1, -0.05) is 37.3 Å². The molecule has 1 amide bonds. The second-order valence-corrected chi connectivity index (χ2v) is 8.58. The van der Waals surface area contributed by atoms with Gasteiger partial charge in [0, 0.05) is 24.7 Å². The summed E-state index contributed by atoms with van der Waals surface area (Å²) in [6, 6.07) is 11.7. The lowest BCUT2D eigenvalue weighted by atomic mass is 10.1. The number of nitrogens with one attached hydrogen (secondary N) is 2. The SMILES string of the molecule is CCCn1c(=O)[nH]c(=O)c2c(C(=O)NCC(c3ccccc3)N(C)C)cc(C3CC3)nc21. The van der Waals surface area contributed by atoms with Crippen molar-refractivity contribution in [3.8, 4) is 0 Å². The van der Waals surface area contributed by atoms with Gasteiger partial charge >= 0.3 is 5.69 Å². The molecule has 0 spiro atoms. The quantitative estimate of drug-likeness (QED) is 0.566. The van der Waals surface area contributed by atoms with Gasteiger partial charge in [0.1, 0.15) is 0 Å². The molecule has 3 aromatic rings. The summed E-state index contributed by atoms with van der Waals surface area (Å²) in [6.45, 7) is 2.75. The van der Waals surface area contributed by atoms with E-state index in [-0.39, 0.29) is 28.8 Å². The summed E-state index contributed by atoms with van der Waals surface area (Å²) >= 11 is 0. The number of aryl methyl sites for hydroxylation is 1. The lowest BCUT2D eigenvalue weighted by Crippen LogP contribution is -2.36. The number of likely N-dealkylation sites (N-methyl/N-ethyl adjacent to an activating group) is 1. The molecule has 0 aliphatic heterocycles. The minimum Gasteiger partial charge on any atom is -0.350 e. The maximum absolute atomic E-state index is 13.3.